The topological polar surface area (TPSA) is 60.7 Å². The van der Waals surface area contributed by atoms with Gasteiger partial charge in [0.1, 0.15) is 30.8 Å². The fraction of sp³-hybridized carbons (Fsp3) is 0.250. The maximum atomic E-state index is 11.2. The highest BCUT2D eigenvalue weighted by Gasteiger charge is 2.15. The van der Waals surface area contributed by atoms with Gasteiger partial charge in [-0.25, -0.2) is 4.79 Å². The Morgan fingerprint density at radius 3 is 2.65 bits per heavy atom. The van der Waals surface area contributed by atoms with Crippen LogP contribution in [-0.4, -0.2) is 28.9 Å². The standard InChI is InChI=1S/C20H20BrNO4/c1-13-11-16(21)3-6-19(13)26-10-9-25-17-4-5-18-15(12-17)7-8-22(18)14(2)20(23)24/h3-8,11-12,14H,9-10H2,1-2H3,(H,23,24). The molecule has 0 saturated heterocycles. The number of carboxylic acid groups (broad SMARTS) is 1. The maximum Gasteiger partial charge on any atom is 0.326 e. The number of rotatable bonds is 7. The lowest BCUT2D eigenvalue weighted by Crippen LogP contribution is -2.14. The van der Waals surface area contributed by atoms with Crippen molar-refractivity contribution in [3.8, 4) is 11.5 Å². The zero-order chi connectivity index (χ0) is 18.7. The van der Waals surface area contributed by atoms with E-state index in [0.29, 0.717) is 13.2 Å². The van der Waals surface area contributed by atoms with Crippen molar-refractivity contribution in [2.75, 3.05) is 13.2 Å². The van der Waals surface area contributed by atoms with E-state index in [0.717, 1.165) is 32.4 Å². The zero-order valence-electron chi connectivity index (χ0n) is 14.6. The lowest BCUT2D eigenvalue weighted by molar-refractivity contribution is -0.140. The summed E-state index contributed by atoms with van der Waals surface area (Å²) >= 11 is 3.43. The average molecular weight is 418 g/mol. The number of aromatic nitrogens is 1. The molecule has 1 aromatic heterocycles. The summed E-state index contributed by atoms with van der Waals surface area (Å²) in [4.78, 5) is 11.2. The number of fused-ring (bicyclic) bond motifs is 1. The number of ether oxygens (including phenoxy) is 2. The van der Waals surface area contributed by atoms with Crippen molar-refractivity contribution in [1.82, 2.24) is 4.57 Å². The van der Waals surface area contributed by atoms with Crippen LogP contribution in [0, 0.1) is 6.92 Å². The normalized spacial score (nSPS) is 12.1. The minimum Gasteiger partial charge on any atom is -0.490 e. The summed E-state index contributed by atoms with van der Waals surface area (Å²) in [6.07, 6.45) is 1.78. The van der Waals surface area contributed by atoms with E-state index in [4.69, 9.17) is 9.47 Å². The van der Waals surface area contributed by atoms with Crippen LogP contribution in [0.15, 0.2) is 53.1 Å². The van der Waals surface area contributed by atoms with Crippen LogP contribution >= 0.6 is 15.9 Å². The van der Waals surface area contributed by atoms with Crippen molar-refractivity contribution in [2.24, 2.45) is 0 Å². The molecule has 1 N–H and O–H groups in total. The summed E-state index contributed by atoms with van der Waals surface area (Å²) < 4.78 is 14.3. The molecular formula is C20H20BrNO4. The highest BCUT2D eigenvalue weighted by molar-refractivity contribution is 9.10. The van der Waals surface area contributed by atoms with Gasteiger partial charge in [-0.15, -0.1) is 0 Å². The van der Waals surface area contributed by atoms with Gasteiger partial charge in [-0.3, -0.25) is 0 Å². The summed E-state index contributed by atoms with van der Waals surface area (Å²) in [6, 6.07) is 12.8. The molecule has 136 valence electrons. The van der Waals surface area contributed by atoms with E-state index < -0.39 is 12.0 Å². The number of carboxylic acids is 1. The molecule has 1 atom stereocenters. The Balaban J connectivity index is 1.60. The van der Waals surface area contributed by atoms with E-state index in [9.17, 15) is 9.90 Å². The molecule has 0 radical (unpaired) electrons. The Kier molecular flexibility index (Phi) is 5.52. The van der Waals surface area contributed by atoms with E-state index in [1.165, 1.54) is 0 Å². The maximum absolute atomic E-state index is 11.2. The molecule has 0 fully saturated rings. The van der Waals surface area contributed by atoms with Gasteiger partial charge >= 0.3 is 5.97 Å². The van der Waals surface area contributed by atoms with Crippen LogP contribution in [-0.2, 0) is 4.79 Å². The molecule has 0 aliphatic rings. The first kappa shape index (κ1) is 18.3. The Morgan fingerprint density at radius 2 is 1.92 bits per heavy atom. The number of halogens is 1. The first-order chi connectivity index (χ1) is 12.5. The van der Waals surface area contributed by atoms with E-state index in [1.807, 2.05) is 49.4 Å². The van der Waals surface area contributed by atoms with Crippen molar-refractivity contribution in [3.63, 3.8) is 0 Å². The van der Waals surface area contributed by atoms with Crippen LogP contribution in [0.2, 0.25) is 0 Å². The Morgan fingerprint density at radius 1 is 1.15 bits per heavy atom. The number of hydrogen-bond acceptors (Lipinski definition) is 3. The predicted molar refractivity (Wildman–Crippen MR) is 104 cm³/mol. The minimum atomic E-state index is -0.858. The number of benzene rings is 2. The van der Waals surface area contributed by atoms with E-state index >= 15 is 0 Å². The monoisotopic (exact) mass is 417 g/mol. The summed E-state index contributed by atoms with van der Waals surface area (Å²) in [5.41, 5.74) is 1.93. The first-order valence-electron chi connectivity index (χ1n) is 8.31. The fourth-order valence-corrected chi connectivity index (χ4v) is 3.25. The lowest BCUT2D eigenvalue weighted by Gasteiger charge is -2.12. The van der Waals surface area contributed by atoms with Crippen molar-refractivity contribution >= 4 is 32.8 Å². The van der Waals surface area contributed by atoms with E-state index in [-0.39, 0.29) is 0 Å². The Hall–Kier alpha value is -2.47. The van der Waals surface area contributed by atoms with Crippen LogP contribution in [0.5, 0.6) is 11.5 Å². The fourth-order valence-electron chi connectivity index (χ4n) is 2.77. The molecule has 0 bridgehead atoms. The number of carbonyl (C=O) groups is 1. The number of nitrogens with zero attached hydrogens (tertiary/aromatic N) is 1. The van der Waals surface area contributed by atoms with Crippen LogP contribution in [0.4, 0.5) is 0 Å². The molecule has 0 spiro atoms. The molecule has 6 heteroatoms. The SMILES string of the molecule is Cc1cc(Br)ccc1OCCOc1ccc2c(ccn2C(C)C(=O)O)c1. The second-order valence-electron chi connectivity index (χ2n) is 6.06. The third-order valence-electron chi connectivity index (χ3n) is 4.21. The third kappa shape index (κ3) is 4.02. The van der Waals surface area contributed by atoms with Gasteiger partial charge in [0.05, 0.1) is 0 Å². The van der Waals surface area contributed by atoms with Gasteiger partial charge in [0.2, 0.25) is 0 Å². The molecular weight excluding hydrogens is 398 g/mol. The molecule has 0 aliphatic heterocycles. The molecule has 1 heterocycles. The largest absolute Gasteiger partial charge is 0.490 e. The molecule has 2 aromatic carbocycles. The number of aliphatic carboxylic acids is 1. The van der Waals surface area contributed by atoms with Gasteiger partial charge < -0.3 is 19.1 Å². The highest BCUT2D eigenvalue weighted by Crippen LogP contribution is 2.25. The summed E-state index contributed by atoms with van der Waals surface area (Å²) in [6.45, 7) is 4.52. The van der Waals surface area contributed by atoms with E-state index in [2.05, 4.69) is 15.9 Å². The van der Waals surface area contributed by atoms with Crippen LogP contribution in [0.25, 0.3) is 10.9 Å². The number of hydrogen-bond donors (Lipinski definition) is 1. The predicted octanol–water partition coefficient (Wildman–Crippen LogP) is 4.82. The van der Waals surface area contributed by atoms with Crippen LogP contribution in [0.1, 0.15) is 18.5 Å². The van der Waals surface area contributed by atoms with E-state index in [1.54, 1.807) is 17.7 Å². The van der Waals surface area contributed by atoms with Gasteiger partial charge in [0, 0.05) is 21.6 Å². The minimum absolute atomic E-state index is 0.424. The zero-order valence-corrected chi connectivity index (χ0v) is 16.2. The Labute approximate surface area is 160 Å². The van der Waals surface area contributed by atoms with Crippen LogP contribution in [0.3, 0.4) is 0 Å². The van der Waals surface area contributed by atoms with Crippen LogP contribution < -0.4 is 9.47 Å². The molecule has 5 nitrogen and oxygen atoms in total. The summed E-state index contributed by atoms with van der Waals surface area (Å²) in [7, 11) is 0. The van der Waals surface area contributed by atoms with Gasteiger partial charge in [0.25, 0.3) is 0 Å². The van der Waals surface area contributed by atoms with Gasteiger partial charge in [0.15, 0.2) is 0 Å². The molecule has 0 saturated carbocycles. The number of aryl methyl sites for hydroxylation is 1. The molecule has 0 amide bonds. The summed E-state index contributed by atoms with van der Waals surface area (Å²) in [5.74, 6) is 0.713. The first-order valence-corrected chi connectivity index (χ1v) is 9.10. The van der Waals surface area contributed by atoms with Gasteiger partial charge in [-0.2, -0.15) is 0 Å². The molecule has 26 heavy (non-hydrogen) atoms. The second-order valence-corrected chi connectivity index (χ2v) is 6.98. The van der Waals surface area contributed by atoms with Crippen molar-refractivity contribution in [1.29, 1.82) is 0 Å². The molecule has 3 aromatic rings. The van der Waals surface area contributed by atoms with Crippen molar-refractivity contribution < 1.29 is 19.4 Å². The quantitative estimate of drug-likeness (QED) is 0.560. The van der Waals surface area contributed by atoms with Gasteiger partial charge in [-0.05, 0) is 61.9 Å². The highest BCUT2D eigenvalue weighted by atomic mass is 79.9. The second kappa shape index (κ2) is 7.83. The summed E-state index contributed by atoms with van der Waals surface area (Å²) in [5, 5.41) is 10.1. The lowest BCUT2D eigenvalue weighted by atomic mass is 10.2. The van der Waals surface area contributed by atoms with Crippen molar-refractivity contribution in [2.45, 2.75) is 19.9 Å². The third-order valence-corrected chi connectivity index (χ3v) is 4.71. The average Bonchev–Trinajstić information content (AvgIpc) is 3.02. The molecule has 1 unspecified atom stereocenters. The Bertz CT molecular complexity index is 935. The molecule has 0 aliphatic carbocycles. The van der Waals surface area contributed by atoms with Crippen molar-refractivity contribution in [3.05, 3.63) is 58.7 Å². The van der Waals surface area contributed by atoms with Gasteiger partial charge in [-0.1, -0.05) is 15.9 Å². The molecule has 3 rings (SSSR count). The smallest absolute Gasteiger partial charge is 0.326 e.